The summed E-state index contributed by atoms with van der Waals surface area (Å²) >= 11 is 0. The lowest BCUT2D eigenvalue weighted by atomic mass is 10.2. The number of aromatic nitrogens is 1. The molecule has 0 saturated carbocycles. The van der Waals surface area contributed by atoms with Crippen LogP contribution in [0.3, 0.4) is 0 Å². The van der Waals surface area contributed by atoms with Crippen LogP contribution in [0.5, 0.6) is 5.88 Å². The molecular weight excluding hydrogens is 260 g/mol. The number of nitro groups is 1. The van der Waals surface area contributed by atoms with Crippen molar-refractivity contribution in [2.75, 3.05) is 32.6 Å². The van der Waals surface area contributed by atoms with E-state index in [0.717, 1.165) is 13.0 Å². The standard InChI is InChI=1S/C13H22N4O3/c1-5-10(2)16(3)9-8-14-13-11(17(18)19)6-7-12(15-13)20-4/h6-7,10H,5,8-9H2,1-4H3,(H,14,15). The first-order valence-corrected chi connectivity index (χ1v) is 6.63. The second-order valence-electron chi connectivity index (χ2n) is 4.64. The van der Waals surface area contributed by atoms with Gasteiger partial charge in [0.2, 0.25) is 11.7 Å². The molecule has 1 aromatic rings. The van der Waals surface area contributed by atoms with Crippen molar-refractivity contribution >= 4 is 11.5 Å². The topological polar surface area (TPSA) is 80.5 Å². The van der Waals surface area contributed by atoms with E-state index in [-0.39, 0.29) is 11.5 Å². The van der Waals surface area contributed by atoms with E-state index in [1.165, 1.54) is 19.2 Å². The molecule has 1 heterocycles. The lowest BCUT2D eigenvalue weighted by Crippen LogP contribution is -2.32. The minimum absolute atomic E-state index is 0.0445. The summed E-state index contributed by atoms with van der Waals surface area (Å²) in [6.45, 7) is 5.64. The van der Waals surface area contributed by atoms with Crippen molar-refractivity contribution in [1.29, 1.82) is 0 Å². The quantitative estimate of drug-likeness (QED) is 0.581. The Labute approximate surface area is 119 Å². The number of hydrogen-bond acceptors (Lipinski definition) is 6. The fraction of sp³-hybridized carbons (Fsp3) is 0.615. The van der Waals surface area contributed by atoms with Gasteiger partial charge < -0.3 is 15.0 Å². The summed E-state index contributed by atoms with van der Waals surface area (Å²) < 4.78 is 4.99. The Morgan fingerprint density at radius 2 is 2.25 bits per heavy atom. The molecule has 0 radical (unpaired) electrons. The highest BCUT2D eigenvalue weighted by molar-refractivity contribution is 5.57. The minimum atomic E-state index is -0.451. The number of likely N-dealkylation sites (N-methyl/N-ethyl adjacent to an activating group) is 1. The first-order valence-electron chi connectivity index (χ1n) is 6.63. The number of rotatable bonds is 8. The predicted octanol–water partition coefficient (Wildman–Crippen LogP) is 2.14. The molecule has 0 spiro atoms. The fourth-order valence-corrected chi connectivity index (χ4v) is 1.71. The average molecular weight is 282 g/mol. The number of anilines is 1. The zero-order valence-corrected chi connectivity index (χ0v) is 12.4. The monoisotopic (exact) mass is 282 g/mol. The van der Waals surface area contributed by atoms with E-state index in [1.54, 1.807) is 0 Å². The number of ether oxygens (including phenoxy) is 1. The summed E-state index contributed by atoms with van der Waals surface area (Å²) in [6.07, 6.45) is 1.06. The maximum absolute atomic E-state index is 10.9. The number of pyridine rings is 1. The molecule has 7 nitrogen and oxygen atoms in total. The lowest BCUT2D eigenvalue weighted by molar-refractivity contribution is -0.384. The van der Waals surface area contributed by atoms with Crippen molar-refractivity contribution in [3.63, 3.8) is 0 Å². The van der Waals surface area contributed by atoms with Crippen molar-refractivity contribution in [2.24, 2.45) is 0 Å². The summed E-state index contributed by atoms with van der Waals surface area (Å²) in [5, 5.41) is 14.0. The molecule has 7 heteroatoms. The molecule has 1 N–H and O–H groups in total. The van der Waals surface area contributed by atoms with E-state index in [4.69, 9.17) is 4.74 Å². The van der Waals surface area contributed by atoms with Crippen LogP contribution in [0.1, 0.15) is 20.3 Å². The highest BCUT2D eigenvalue weighted by atomic mass is 16.6. The second kappa shape index (κ2) is 7.64. The largest absolute Gasteiger partial charge is 0.481 e. The van der Waals surface area contributed by atoms with Crippen LogP contribution in [0.25, 0.3) is 0 Å². The Morgan fingerprint density at radius 3 is 2.80 bits per heavy atom. The van der Waals surface area contributed by atoms with Crippen LogP contribution in [0.15, 0.2) is 12.1 Å². The minimum Gasteiger partial charge on any atom is -0.481 e. The van der Waals surface area contributed by atoms with Gasteiger partial charge in [-0.05, 0) is 20.4 Å². The predicted molar refractivity (Wildman–Crippen MR) is 78.3 cm³/mol. The zero-order chi connectivity index (χ0) is 15.1. The van der Waals surface area contributed by atoms with Crippen molar-refractivity contribution in [3.8, 4) is 5.88 Å². The van der Waals surface area contributed by atoms with Gasteiger partial charge in [-0.3, -0.25) is 10.1 Å². The highest BCUT2D eigenvalue weighted by Gasteiger charge is 2.16. The molecule has 1 atom stereocenters. The van der Waals surface area contributed by atoms with Gasteiger partial charge in [0, 0.05) is 31.3 Å². The second-order valence-corrected chi connectivity index (χ2v) is 4.64. The lowest BCUT2D eigenvalue weighted by Gasteiger charge is -2.23. The molecule has 0 aliphatic heterocycles. The van der Waals surface area contributed by atoms with E-state index in [2.05, 4.69) is 29.0 Å². The Morgan fingerprint density at radius 1 is 1.55 bits per heavy atom. The van der Waals surface area contributed by atoms with Gasteiger partial charge in [0.15, 0.2) is 0 Å². The van der Waals surface area contributed by atoms with Crippen LogP contribution in [-0.2, 0) is 0 Å². The Bertz CT molecular complexity index is 453. The molecule has 112 valence electrons. The van der Waals surface area contributed by atoms with Crippen LogP contribution in [0.4, 0.5) is 11.5 Å². The van der Waals surface area contributed by atoms with Gasteiger partial charge in [-0.15, -0.1) is 0 Å². The molecule has 1 aromatic heterocycles. The van der Waals surface area contributed by atoms with Crippen LogP contribution >= 0.6 is 0 Å². The molecule has 20 heavy (non-hydrogen) atoms. The molecule has 0 bridgehead atoms. The summed E-state index contributed by atoms with van der Waals surface area (Å²) in [6, 6.07) is 3.35. The molecule has 1 unspecified atom stereocenters. The maximum atomic E-state index is 10.9. The number of nitrogens with zero attached hydrogens (tertiary/aromatic N) is 3. The van der Waals surface area contributed by atoms with Crippen LogP contribution < -0.4 is 10.1 Å². The maximum Gasteiger partial charge on any atom is 0.311 e. The van der Waals surface area contributed by atoms with Gasteiger partial charge in [0.05, 0.1) is 12.0 Å². The van der Waals surface area contributed by atoms with E-state index in [9.17, 15) is 10.1 Å². The highest BCUT2D eigenvalue weighted by Crippen LogP contribution is 2.24. The van der Waals surface area contributed by atoms with Gasteiger partial charge in [0.25, 0.3) is 0 Å². The van der Waals surface area contributed by atoms with Crippen molar-refractivity contribution in [1.82, 2.24) is 9.88 Å². The van der Waals surface area contributed by atoms with Gasteiger partial charge in [-0.2, -0.15) is 4.98 Å². The van der Waals surface area contributed by atoms with Gasteiger partial charge in [-0.25, -0.2) is 0 Å². The van der Waals surface area contributed by atoms with Crippen LogP contribution in [-0.4, -0.2) is 48.1 Å². The van der Waals surface area contributed by atoms with Gasteiger partial charge in [-0.1, -0.05) is 6.92 Å². The molecule has 0 fully saturated rings. The van der Waals surface area contributed by atoms with Crippen molar-refractivity contribution in [3.05, 3.63) is 22.2 Å². The zero-order valence-electron chi connectivity index (χ0n) is 12.4. The normalized spacial score (nSPS) is 12.2. The van der Waals surface area contributed by atoms with Crippen LogP contribution in [0.2, 0.25) is 0 Å². The molecule has 0 aliphatic rings. The molecule has 0 aliphatic carbocycles. The number of methoxy groups -OCH3 is 1. The van der Waals surface area contributed by atoms with Crippen molar-refractivity contribution < 1.29 is 9.66 Å². The third-order valence-electron chi connectivity index (χ3n) is 3.35. The number of nitrogens with one attached hydrogen (secondary N) is 1. The molecular formula is C13H22N4O3. The van der Waals surface area contributed by atoms with E-state index < -0.39 is 4.92 Å². The Balaban J connectivity index is 2.68. The van der Waals surface area contributed by atoms with Crippen molar-refractivity contribution in [2.45, 2.75) is 26.3 Å². The molecule has 0 aromatic carbocycles. The van der Waals surface area contributed by atoms with E-state index >= 15 is 0 Å². The summed E-state index contributed by atoms with van der Waals surface area (Å²) in [5.74, 6) is 0.597. The first kappa shape index (κ1) is 16.2. The van der Waals surface area contributed by atoms with E-state index in [1.807, 2.05) is 7.05 Å². The van der Waals surface area contributed by atoms with Gasteiger partial charge in [0.1, 0.15) is 0 Å². The fourth-order valence-electron chi connectivity index (χ4n) is 1.71. The first-order chi connectivity index (χ1) is 9.49. The molecule has 0 saturated heterocycles. The summed E-state index contributed by atoms with van der Waals surface area (Å²) in [5.41, 5.74) is -0.0445. The van der Waals surface area contributed by atoms with Crippen LogP contribution in [0, 0.1) is 10.1 Å². The van der Waals surface area contributed by atoms with E-state index in [0.29, 0.717) is 18.5 Å². The van der Waals surface area contributed by atoms with Gasteiger partial charge >= 0.3 is 5.69 Å². The number of hydrogen-bond donors (Lipinski definition) is 1. The SMILES string of the molecule is CCC(C)N(C)CCNc1nc(OC)ccc1[N+](=O)[O-]. The molecule has 0 amide bonds. The molecule has 1 rings (SSSR count). The third kappa shape index (κ3) is 4.34. The third-order valence-corrected chi connectivity index (χ3v) is 3.35. The Kier molecular flexibility index (Phi) is 6.17. The average Bonchev–Trinajstić information content (AvgIpc) is 2.45. The summed E-state index contributed by atoms with van der Waals surface area (Å²) in [4.78, 5) is 16.8. The Hall–Kier alpha value is -1.89. The summed E-state index contributed by atoms with van der Waals surface area (Å²) in [7, 11) is 3.51. The smallest absolute Gasteiger partial charge is 0.311 e.